The van der Waals surface area contributed by atoms with Crippen LogP contribution < -0.4 is 4.74 Å². The number of rotatable bonds is 1. The molecule has 0 unspecified atom stereocenters. The Kier molecular flexibility index (Phi) is 2.97. The van der Waals surface area contributed by atoms with Crippen LogP contribution in [0.3, 0.4) is 0 Å². The third kappa shape index (κ3) is 1.76. The van der Waals surface area contributed by atoms with Crippen molar-refractivity contribution in [2.24, 2.45) is 0 Å². The van der Waals surface area contributed by atoms with Crippen molar-refractivity contribution in [1.82, 2.24) is 0 Å². The van der Waals surface area contributed by atoms with E-state index < -0.39 is 39.9 Å². The lowest BCUT2D eigenvalue weighted by molar-refractivity contribution is 0.0970. The molecule has 0 spiro atoms. The molecule has 0 radical (unpaired) electrons. The maximum absolute atomic E-state index is 12.6. The smallest absolute Gasteiger partial charge is 0.202 e. The van der Waals surface area contributed by atoms with Crippen LogP contribution in [-0.2, 0) is 0 Å². The van der Waals surface area contributed by atoms with E-state index in [9.17, 15) is 30.0 Å². The van der Waals surface area contributed by atoms with E-state index in [1.807, 2.05) is 0 Å². The third-order valence-electron chi connectivity index (χ3n) is 3.92. The highest BCUT2D eigenvalue weighted by atomic mass is 16.5. The van der Waals surface area contributed by atoms with Gasteiger partial charge in [0, 0.05) is 17.2 Å². The molecule has 23 heavy (non-hydrogen) atoms. The van der Waals surface area contributed by atoms with Gasteiger partial charge in [-0.1, -0.05) is 0 Å². The quantitative estimate of drug-likeness (QED) is 0.503. The van der Waals surface area contributed by atoms with E-state index in [1.54, 1.807) is 0 Å². The summed E-state index contributed by atoms with van der Waals surface area (Å²) < 4.78 is 4.86. The fraction of sp³-hybridized carbons (Fsp3) is 0.125. The predicted molar refractivity (Wildman–Crippen MR) is 77.7 cm³/mol. The Morgan fingerprint density at radius 1 is 0.826 bits per heavy atom. The van der Waals surface area contributed by atoms with E-state index in [0.717, 1.165) is 12.1 Å². The highest BCUT2D eigenvalue weighted by Crippen LogP contribution is 2.46. The molecular formula is C16H12O7. The number of aromatic hydroxyl groups is 4. The van der Waals surface area contributed by atoms with Crippen molar-refractivity contribution in [3.05, 3.63) is 39.9 Å². The van der Waals surface area contributed by atoms with Crippen LogP contribution in [0, 0.1) is 6.92 Å². The summed E-state index contributed by atoms with van der Waals surface area (Å²) in [5, 5.41) is 40.0. The number of methoxy groups -OCH3 is 1. The lowest BCUT2D eigenvalue weighted by Gasteiger charge is -2.22. The summed E-state index contributed by atoms with van der Waals surface area (Å²) in [6.45, 7) is 1.38. The molecule has 0 amide bonds. The largest absolute Gasteiger partial charge is 0.508 e. The average Bonchev–Trinajstić information content (AvgIpc) is 2.51. The molecule has 7 nitrogen and oxygen atoms in total. The number of phenolic OH excluding ortho intramolecular Hbond substituents is 4. The summed E-state index contributed by atoms with van der Waals surface area (Å²) in [5.74, 6) is -3.87. The van der Waals surface area contributed by atoms with Crippen LogP contribution in [0.15, 0.2) is 12.1 Å². The second-order valence-corrected chi connectivity index (χ2v) is 5.15. The first-order chi connectivity index (χ1) is 10.8. The van der Waals surface area contributed by atoms with E-state index in [-0.39, 0.29) is 28.2 Å². The van der Waals surface area contributed by atoms with Crippen molar-refractivity contribution in [3.8, 4) is 28.7 Å². The normalized spacial score (nSPS) is 12.8. The molecule has 0 fully saturated rings. The Bertz CT molecular complexity index is 896. The van der Waals surface area contributed by atoms with Crippen LogP contribution >= 0.6 is 0 Å². The highest BCUT2D eigenvalue weighted by molar-refractivity contribution is 6.31. The van der Waals surface area contributed by atoms with E-state index >= 15 is 0 Å². The number of carbonyl (C=O) groups is 2. The molecular weight excluding hydrogens is 304 g/mol. The predicted octanol–water partition coefficient (Wildman–Crippen LogP) is 1.60. The van der Waals surface area contributed by atoms with Crippen molar-refractivity contribution in [3.63, 3.8) is 0 Å². The first kappa shape index (κ1) is 14.7. The first-order valence-corrected chi connectivity index (χ1v) is 6.57. The number of hydrogen-bond acceptors (Lipinski definition) is 7. The Hall–Kier alpha value is -3.22. The summed E-state index contributed by atoms with van der Waals surface area (Å²) in [4.78, 5) is 25.2. The zero-order valence-corrected chi connectivity index (χ0v) is 12.2. The molecule has 118 valence electrons. The molecule has 0 saturated carbocycles. The van der Waals surface area contributed by atoms with Crippen LogP contribution in [0.25, 0.3) is 0 Å². The fourth-order valence-corrected chi connectivity index (χ4v) is 2.66. The molecule has 0 heterocycles. The van der Waals surface area contributed by atoms with Gasteiger partial charge < -0.3 is 25.2 Å². The molecule has 0 saturated heterocycles. The summed E-state index contributed by atoms with van der Waals surface area (Å²) in [5.41, 5.74) is -1.39. The van der Waals surface area contributed by atoms with Gasteiger partial charge in [0.1, 0.15) is 17.2 Å². The topological polar surface area (TPSA) is 124 Å². The maximum Gasteiger partial charge on any atom is 0.202 e. The molecule has 0 bridgehead atoms. The molecule has 0 atom stereocenters. The zero-order valence-electron chi connectivity index (χ0n) is 12.2. The van der Waals surface area contributed by atoms with Crippen LogP contribution in [0.5, 0.6) is 28.7 Å². The molecule has 2 aromatic rings. The minimum absolute atomic E-state index is 0.0329. The van der Waals surface area contributed by atoms with Crippen molar-refractivity contribution >= 4 is 11.6 Å². The van der Waals surface area contributed by atoms with Crippen molar-refractivity contribution in [2.75, 3.05) is 7.11 Å². The number of fused-ring (bicyclic) bond motifs is 2. The second kappa shape index (κ2) is 4.64. The van der Waals surface area contributed by atoms with E-state index in [2.05, 4.69) is 0 Å². The highest BCUT2D eigenvalue weighted by Gasteiger charge is 2.38. The Morgan fingerprint density at radius 2 is 1.48 bits per heavy atom. The number of phenols is 4. The van der Waals surface area contributed by atoms with E-state index in [4.69, 9.17) is 4.74 Å². The van der Waals surface area contributed by atoms with E-state index in [0.29, 0.717) is 0 Å². The third-order valence-corrected chi connectivity index (χ3v) is 3.92. The van der Waals surface area contributed by atoms with Crippen molar-refractivity contribution < 1.29 is 34.8 Å². The minimum Gasteiger partial charge on any atom is -0.508 e. The Labute approximate surface area is 130 Å². The van der Waals surface area contributed by atoms with Gasteiger partial charge >= 0.3 is 0 Å². The van der Waals surface area contributed by atoms with Gasteiger partial charge in [0.05, 0.1) is 23.8 Å². The van der Waals surface area contributed by atoms with Gasteiger partial charge in [-0.15, -0.1) is 0 Å². The number of carbonyl (C=O) groups excluding carboxylic acids is 2. The minimum atomic E-state index is -0.828. The lowest BCUT2D eigenvalue weighted by Crippen LogP contribution is -2.22. The zero-order chi connectivity index (χ0) is 17.0. The van der Waals surface area contributed by atoms with Crippen molar-refractivity contribution in [1.29, 1.82) is 0 Å². The van der Waals surface area contributed by atoms with Crippen molar-refractivity contribution in [2.45, 2.75) is 6.92 Å². The molecule has 1 aliphatic rings. The molecule has 2 aromatic carbocycles. The molecule has 1 aliphatic carbocycles. The van der Waals surface area contributed by atoms with Gasteiger partial charge in [0.25, 0.3) is 0 Å². The van der Waals surface area contributed by atoms with Gasteiger partial charge in [-0.2, -0.15) is 0 Å². The lowest BCUT2D eigenvalue weighted by atomic mass is 9.81. The molecule has 4 N–H and O–H groups in total. The van der Waals surface area contributed by atoms with E-state index in [1.165, 1.54) is 14.0 Å². The van der Waals surface area contributed by atoms with Gasteiger partial charge in [-0.25, -0.2) is 0 Å². The Morgan fingerprint density at radius 3 is 2.09 bits per heavy atom. The van der Waals surface area contributed by atoms with Gasteiger partial charge in [-0.3, -0.25) is 9.59 Å². The maximum atomic E-state index is 12.6. The molecule has 7 heteroatoms. The first-order valence-electron chi connectivity index (χ1n) is 6.57. The summed E-state index contributed by atoms with van der Waals surface area (Å²) in [7, 11) is 1.23. The SMILES string of the molecule is COc1cc(O)c2c(c1O)C(=O)c1cc(O)c(C)c(O)c1C2=O. The molecule has 0 aromatic heterocycles. The summed E-state index contributed by atoms with van der Waals surface area (Å²) in [6.07, 6.45) is 0. The Balaban J connectivity index is 2.43. The number of ketones is 2. The summed E-state index contributed by atoms with van der Waals surface area (Å²) in [6, 6.07) is 2.05. The van der Waals surface area contributed by atoms with Gasteiger partial charge in [0.2, 0.25) is 5.78 Å². The van der Waals surface area contributed by atoms with Crippen LogP contribution in [0.2, 0.25) is 0 Å². The van der Waals surface area contributed by atoms with Crippen LogP contribution in [0.1, 0.15) is 37.4 Å². The monoisotopic (exact) mass is 316 g/mol. The molecule has 3 rings (SSSR count). The number of ether oxygens (including phenoxy) is 1. The number of hydrogen-bond donors (Lipinski definition) is 4. The van der Waals surface area contributed by atoms with Crippen LogP contribution in [0.4, 0.5) is 0 Å². The number of benzene rings is 2. The fourth-order valence-electron chi connectivity index (χ4n) is 2.66. The average molecular weight is 316 g/mol. The van der Waals surface area contributed by atoms with Gasteiger partial charge in [0.15, 0.2) is 17.3 Å². The second-order valence-electron chi connectivity index (χ2n) is 5.15. The summed E-state index contributed by atoms with van der Waals surface area (Å²) >= 11 is 0. The van der Waals surface area contributed by atoms with Crippen LogP contribution in [-0.4, -0.2) is 39.1 Å². The standard InChI is InChI=1S/C16H12O7/c1-5-7(17)3-6-10(13(5)19)16(22)11-8(18)4-9(23-2)15(21)12(11)14(6)20/h3-4,17-19,21H,1-2H3. The van der Waals surface area contributed by atoms with Gasteiger partial charge in [-0.05, 0) is 13.0 Å². The molecule has 0 aliphatic heterocycles.